The van der Waals surface area contributed by atoms with Crippen LogP contribution >= 0.6 is 0 Å². The minimum Gasteiger partial charge on any atom is -0.480 e. The standard InChI is InChI=1S/C10H14N2O4S/c1-10(9(13)14,7-2-3-7)12-17(15,16)8-4-5-11-6-8/h4-7,11-12H,2-3H2,1H3,(H,13,14). The Morgan fingerprint density at radius 3 is 2.65 bits per heavy atom. The van der Waals surface area contributed by atoms with Gasteiger partial charge in [-0.3, -0.25) is 4.79 Å². The number of carboxylic acids is 1. The van der Waals surface area contributed by atoms with Gasteiger partial charge in [-0.05, 0) is 31.7 Å². The van der Waals surface area contributed by atoms with Crippen LogP contribution in [-0.2, 0) is 14.8 Å². The maximum Gasteiger partial charge on any atom is 0.324 e. The SMILES string of the molecule is CC(NS(=O)(=O)c1cc[nH]c1)(C(=O)O)C1CC1. The summed E-state index contributed by atoms with van der Waals surface area (Å²) in [5.74, 6) is -1.27. The maximum absolute atomic E-state index is 12.0. The van der Waals surface area contributed by atoms with E-state index in [2.05, 4.69) is 9.71 Å². The molecule has 0 aliphatic heterocycles. The Labute approximate surface area is 99.1 Å². The van der Waals surface area contributed by atoms with Crippen LogP contribution in [0.15, 0.2) is 23.4 Å². The molecule has 1 aliphatic carbocycles. The molecule has 1 saturated carbocycles. The van der Waals surface area contributed by atoms with E-state index in [-0.39, 0.29) is 10.8 Å². The zero-order valence-electron chi connectivity index (χ0n) is 9.30. The van der Waals surface area contributed by atoms with Crippen molar-refractivity contribution in [3.05, 3.63) is 18.5 Å². The van der Waals surface area contributed by atoms with Gasteiger partial charge in [-0.2, -0.15) is 4.72 Å². The molecule has 1 aromatic heterocycles. The van der Waals surface area contributed by atoms with Gasteiger partial charge in [-0.1, -0.05) is 0 Å². The van der Waals surface area contributed by atoms with Gasteiger partial charge in [0, 0.05) is 12.4 Å². The predicted molar refractivity (Wildman–Crippen MR) is 59.9 cm³/mol. The number of hydrogen-bond acceptors (Lipinski definition) is 3. The van der Waals surface area contributed by atoms with Gasteiger partial charge in [0.05, 0.1) is 4.90 Å². The highest BCUT2D eigenvalue weighted by Gasteiger charge is 2.50. The van der Waals surface area contributed by atoms with E-state index in [9.17, 15) is 13.2 Å². The molecular formula is C10H14N2O4S. The molecule has 0 bridgehead atoms. The topological polar surface area (TPSA) is 99.3 Å². The first-order valence-corrected chi connectivity index (χ1v) is 6.75. The molecule has 94 valence electrons. The second kappa shape index (κ2) is 3.85. The van der Waals surface area contributed by atoms with Crippen LogP contribution < -0.4 is 4.72 Å². The normalized spacial score (nSPS) is 19.8. The molecule has 1 aliphatic rings. The lowest BCUT2D eigenvalue weighted by Crippen LogP contribution is -2.53. The average Bonchev–Trinajstić information content (AvgIpc) is 2.93. The van der Waals surface area contributed by atoms with Crippen LogP contribution in [0.25, 0.3) is 0 Å². The van der Waals surface area contributed by atoms with Gasteiger partial charge in [0.1, 0.15) is 5.54 Å². The van der Waals surface area contributed by atoms with Gasteiger partial charge in [-0.15, -0.1) is 0 Å². The molecule has 7 heteroatoms. The number of hydrogen-bond donors (Lipinski definition) is 3. The van der Waals surface area contributed by atoms with Gasteiger partial charge in [0.2, 0.25) is 10.0 Å². The third-order valence-electron chi connectivity index (χ3n) is 3.06. The summed E-state index contributed by atoms with van der Waals surface area (Å²) in [6, 6.07) is 1.39. The van der Waals surface area contributed by atoms with Crippen LogP contribution in [0, 0.1) is 5.92 Å². The van der Waals surface area contributed by atoms with E-state index >= 15 is 0 Å². The Morgan fingerprint density at radius 2 is 2.24 bits per heavy atom. The summed E-state index contributed by atoms with van der Waals surface area (Å²) in [6.07, 6.45) is 4.26. The zero-order valence-corrected chi connectivity index (χ0v) is 10.1. The van der Waals surface area contributed by atoms with Crippen LogP contribution in [0.4, 0.5) is 0 Å². The van der Waals surface area contributed by atoms with Gasteiger partial charge in [-0.25, -0.2) is 8.42 Å². The van der Waals surface area contributed by atoms with Crippen molar-refractivity contribution in [2.24, 2.45) is 5.92 Å². The molecule has 6 nitrogen and oxygen atoms in total. The van der Waals surface area contributed by atoms with E-state index < -0.39 is 21.5 Å². The summed E-state index contributed by atoms with van der Waals surface area (Å²) in [6.45, 7) is 1.41. The largest absolute Gasteiger partial charge is 0.480 e. The minimum atomic E-state index is -3.79. The van der Waals surface area contributed by atoms with E-state index in [0.29, 0.717) is 0 Å². The van der Waals surface area contributed by atoms with Crippen molar-refractivity contribution >= 4 is 16.0 Å². The lowest BCUT2D eigenvalue weighted by Gasteiger charge is -2.25. The number of aliphatic carboxylic acids is 1. The molecule has 0 spiro atoms. The van der Waals surface area contributed by atoms with Crippen LogP contribution in [0.1, 0.15) is 19.8 Å². The number of carbonyl (C=O) groups is 1. The molecule has 1 heterocycles. The molecule has 17 heavy (non-hydrogen) atoms. The summed E-state index contributed by atoms with van der Waals surface area (Å²) in [4.78, 5) is 13.9. The second-order valence-electron chi connectivity index (χ2n) is 4.43. The monoisotopic (exact) mass is 258 g/mol. The number of H-pyrrole nitrogens is 1. The van der Waals surface area contributed by atoms with Crippen LogP contribution in [0.5, 0.6) is 0 Å². The van der Waals surface area contributed by atoms with E-state index in [1.165, 1.54) is 25.4 Å². The third kappa shape index (κ3) is 2.20. The van der Waals surface area contributed by atoms with Crippen molar-refractivity contribution in [2.45, 2.75) is 30.2 Å². The van der Waals surface area contributed by atoms with Gasteiger partial charge < -0.3 is 10.1 Å². The van der Waals surface area contributed by atoms with Gasteiger partial charge >= 0.3 is 5.97 Å². The lowest BCUT2D eigenvalue weighted by molar-refractivity contribution is -0.144. The van der Waals surface area contributed by atoms with Crippen molar-refractivity contribution < 1.29 is 18.3 Å². The fourth-order valence-electron chi connectivity index (χ4n) is 1.78. The number of rotatable bonds is 5. The highest BCUT2D eigenvalue weighted by molar-refractivity contribution is 7.89. The van der Waals surface area contributed by atoms with Crippen molar-refractivity contribution in [1.82, 2.24) is 9.71 Å². The number of nitrogens with one attached hydrogen (secondary N) is 2. The molecule has 1 aromatic rings. The molecule has 0 radical (unpaired) electrons. The Balaban J connectivity index is 2.28. The first-order valence-electron chi connectivity index (χ1n) is 5.26. The zero-order chi connectivity index (χ0) is 12.7. The average molecular weight is 258 g/mol. The molecule has 0 amide bonds. The van der Waals surface area contributed by atoms with Gasteiger partial charge in [0.25, 0.3) is 0 Å². The van der Waals surface area contributed by atoms with E-state index in [4.69, 9.17) is 5.11 Å². The first kappa shape index (κ1) is 12.1. The minimum absolute atomic E-state index is 0.0469. The Hall–Kier alpha value is -1.34. The molecule has 2 rings (SSSR count). The van der Waals surface area contributed by atoms with Crippen molar-refractivity contribution in [3.63, 3.8) is 0 Å². The molecule has 1 unspecified atom stereocenters. The maximum atomic E-state index is 12.0. The fourth-order valence-corrected chi connectivity index (χ4v) is 3.18. The quantitative estimate of drug-likeness (QED) is 0.718. The Morgan fingerprint density at radius 1 is 1.59 bits per heavy atom. The summed E-state index contributed by atoms with van der Waals surface area (Å²) in [5, 5.41) is 9.17. The smallest absolute Gasteiger partial charge is 0.324 e. The highest BCUT2D eigenvalue weighted by atomic mass is 32.2. The summed E-state index contributed by atoms with van der Waals surface area (Å²) in [5.41, 5.74) is -1.42. The second-order valence-corrected chi connectivity index (χ2v) is 6.12. The molecule has 1 fully saturated rings. The number of aromatic nitrogens is 1. The molecular weight excluding hydrogens is 244 g/mol. The summed E-state index contributed by atoms with van der Waals surface area (Å²) in [7, 11) is -3.79. The predicted octanol–water partition coefficient (Wildman–Crippen LogP) is 0.546. The number of aromatic amines is 1. The van der Waals surface area contributed by atoms with Crippen molar-refractivity contribution in [3.8, 4) is 0 Å². The van der Waals surface area contributed by atoms with Crippen molar-refractivity contribution in [1.29, 1.82) is 0 Å². The first-order chi connectivity index (χ1) is 7.86. The molecule has 0 aromatic carbocycles. The van der Waals surface area contributed by atoms with E-state index in [1.54, 1.807) is 0 Å². The van der Waals surface area contributed by atoms with Crippen LogP contribution in [-0.4, -0.2) is 30.0 Å². The van der Waals surface area contributed by atoms with Crippen LogP contribution in [0.2, 0.25) is 0 Å². The molecule has 0 saturated heterocycles. The Bertz CT molecular complexity index is 519. The summed E-state index contributed by atoms with van der Waals surface area (Å²) < 4.78 is 26.2. The number of carboxylic acid groups (broad SMARTS) is 1. The molecule has 3 N–H and O–H groups in total. The van der Waals surface area contributed by atoms with Crippen molar-refractivity contribution in [2.75, 3.05) is 0 Å². The third-order valence-corrected chi connectivity index (χ3v) is 4.63. The fraction of sp³-hybridized carbons (Fsp3) is 0.500. The van der Waals surface area contributed by atoms with E-state index in [0.717, 1.165) is 12.8 Å². The highest BCUT2D eigenvalue weighted by Crippen LogP contribution is 2.40. The Kier molecular flexibility index (Phi) is 2.75. The lowest BCUT2D eigenvalue weighted by atomic mass is 9.98. The van der Waals surface area contributed by atoms with E-state index in [1.807, 2.05) is 0 Å². The number of sulfonamides is 1. The van der Waals surface area contributed by atoms with Gasteiger partial charge in [0.15, 0.2) is 0 Å². The molecule has 1 atom stereocenters. The summed E-state index contributed by atoms with van der Waals surface area (Å²) >= 11 is 0. The van der Waals surface area contributed by atoms with Crippen LogP contribution in [0.3, 0.4) is 0 Å².